The number of rotatable bonds is 3. The van der Waals surface area contributed by atoms with Gasteiger partial charge in [-0.15, -0.1) is 0 Å². The van der Waals surface area contributed by atoms with E-state index in [0.29, 0.717) is 6.04 Å². The van der Waals surface area contributed by atoms with Gasteiger partial charge in [-0.2, -0.15) is 0 Å². The van der Waals surface area contributed by atoms with E-state index in [9.17, 15) is 4.79 Å². The Morgan fingerprint density at radius 3 is 2.40 bits per heavy atom. The zero-order chi connectivity index (χ0) is 11.4. The number of carbonyl (C=O) groups is 1. The van der Waals surface area contributed by atoms with Gasteiger partial charge in [0.05, 0.1) is 6.04 Å². The summed E-state index contributed by atoms with van der Waals surface area (Å²) in [6, 6.07) is -0.0751. The topological polar surface area (TPSA) is 55.6 Å². The molecule has 0 aromatic carbocycles. The van der Waals surface area contributed by atoms with Gasteiger partial charge in [-0.05, 0) is 18.8 Å². The summed E-state index contributed by atoms with van der Waals surface area (Å²) >= 11 is 0. The number of likely N-dealkylation sites (N-methyl/N-ethyl adjacent to an activating group) is 1. The lowest BCUT2D eigenvalue weighted by molar-refractivity contribution is -0.136. The molecular weight excluding hydrogens is 192 g/mol. The number of amides is 1. The highest BCUT2D eigenvalue weighted by atomic mass is 16.5. The van der Waals surface area contributed by atoms with E-state index in [1.807, 2.05) is 20.9 Å². The third kappa shape index (κ3) is 3.18. The smallest absolute Gasteiger partial charge is 0.239 e. The normalized spacial score (nSPS) is 20.3. The number of nitrogens with zero attached hydrogens (tertiary/aromatic N) is 1. The van der Waals surface area contributed by atoms with Crippen molar-refractivity contribution in [2.45, 2.75) is 38.8 Å². The van der Waals surface area contributed by atoms with Crippen LogP contribution in [0.4, 0.5) is 0 Å². The molecule has 1 rings (SSSR count). The standard InChI is InChI=1S/C11H22N2O2/c1-8(2)10(12)11(14)13(3)9-4-6-15-7-5-9/h8-10H,4-7,12H2,1-3H3. The van der Waals surface area contributed by atoms with E-state index in [2.05, 4.69) is 0 Å². The molecule has 1 aliphatic rings. The Bertz CT molecular complexity index is 213. The van der Waals surface area contributed by atoms with Crippen molar-refractivity contribution in [3.05, 3.63) is 0 Å². The third-order valence-electron chi connectivity index (χ3n) is 3.09. The van der Waals surface area contributed by atoms with E-state index in [4.69, 9.17) is 10.5 Å². The van der Waals surface area contributed by atoms with Crippen molar-refractivity contribution in [2.75, 3.05) is 20.3 Å². The maximum absolute atomic E-state index is 11.9. The number of hydrogen-bond donors (Lipinski definition) is 1. The van der Waals surface area contributed by atoms with Crippen LogP contribution in [-0.2, 0) is 9.53 Å². The van der Waals surface area contributed by atoms with E-state index in [-0.39, 0.29) is 17.9 Å². The van der Waals surface area contributed by atoms with Crippen LogP contribution < -0.4 is 5.73 Å². The van der Waals surface area contributed by atoms with Crippen molar-refractivity contribution >= 4 is 5.91 Å². The first-order chi connectivity index (χ1) is 7.04. The molecule has 4 nitrogen and oxygen atoms in total. The van der Waals surface area contributed by atoms with Gasteiger partial charge in [0, 0.05) is 26.3 Å². The van der Waals surface area contributed by atoms with Crippen LogP contribution in [0.2, 0.25) is 0 Å². The molecule has 0 bridgehead atoms. The van der Waals surface area contributed by atoms with Crippen molar-refractivity contribution in [3.8, 4) is 0 Å². The van der Waals surface area contributed by atoms with Crippen LogP contribution in [0.25, 0.3) is 0 Å². The fourth-order valence-electron chi connectivity index (χ4n) is 1.77. The van der Waals surface area contributed by atoms with Crippen molar-refractivity contribution in [3.63, 3.8) is 0 Å². The largest absolute Gasteiger partial charge is 0.381 e. The van der Waals surface area contributed by atoms with Crippen molar-refractivity contribution in [1.29, 1.82) is 0 Å². The minimum atomic E-state index is -0.377. The van der Waals surface area contributed by atoms with Gasteiger partial charge in [-0.25, -0.2) is 0 Å². The average Bonchev–Trinajstić information content (AvgIpc) is 2.27. The molecule has 0 radical (unpaired) electrons. The van der Waals surface area contributed by atoms with Gasteiger partial charge in [0.25, 0.3) is 0 Å². The van der Waals surface area contributed by atoms with Crippen molar-refractivity contribution in [2.24, 2.45) is 11.7 Å². The second kappa shape index (κ2) is 5.47. The Morgan fingerprint density at radius 1 is 1.40 bits per heavy atom. The summed E-state index contributed by atoms with van der Waals surface area (Å²) in [5.74, 6) is 0.247. The number of ether oxygens (including phenoxy) is 1. The Kier molecular flexibility index (Phi) is 4.54. The molecule has 1 saturated heterocycles. The van der Waals surface area contributed by atoms with Crippen LogP contribution in [0.15, 0.2) is 0 Å². The minimum Gasteiger partial charge on any atom is -0.381 e. The number of hydrogen-bond acceptors (Lipinski definition) is 3. The quantitative estimate of drug-likeness (QED) is 0.749. The summed E-state index contributed by atoms with van der Waals surface area (Å²) < 4.78 is 5.27. The Hall–Kier alpha value is -0.610. The molecule has 0 aromatic heterocycles. The van der Waals surface area contributed by atoms with Crippen molar-refractivity contribution in [1.82, 2.24) is 4.90 Å². The van der Waals surface area contributed by atoms with Gasteiger partial charge >= 0.3 is 0 Å². The fraction of sp³-hybridized carbons (Fsp3) is 0.909. The van der Waals surface area contributed by atoms with E-state index in [1.54, 1.807) is 4.90 Å². The maximum atomic E-state index is 11.9. The highest BCUT2D eigenvalue weighted by Crippen LogP contribution is 2.14. The molecule has 1 heterocycles. The molecule has 0 spiro atoms. The highest BCUT2D eigenvalue weighted by Gasteiger charge is 2.27. The van der Waals surface area contributed by atoms with Gasteiger partial charge in [0.1, 0.15) is 0 Å². The molecule has 4 heteroatoms. The highest BCUT2D eigenvalue weighted by molar-refractivity contribution is 5.81. The molecule has 0 saturated carbocycles. The van der Waals surface area contributed by atoms with E-state index < -0.39 is 0 Å². The molecule has 1 unspecified atom stereocenters. The van der Waals surface area contributed by atoms with Crippen LogP contribution >= 0.6 is 0 Å². The first kappa shape index (κ1) is 12.5. The predicted molar refractivity (Wildman–Crippen MR) is 59.4 cm³/mol. The van der Waals surface area contributed by atoms with Gasteiger partial charge < -0.3 is 15.4 Å². The van der Waals surface area contributed by atoms with E-state index in [1.165, 1.54) is 0 Å². The van der Waals surface area contributed by atoms with E-state index in [0.717, 1.165) is 26.1 Å². The summed E-state index contributed by atoms with van der Waals surface area (Å²) in [5.41, 5.74) is 5.85. The lowest BCUT2D eigenvalue weighted by atomic mass is 10.0. The molecule has 0 aromatic rings. The zero-order valence-electron chi connectivity index (χ0n) is 9.90. The average molecular weight is 214 g/mol. The van der Waals surface area contributed by atoms with Gasteiger partial charge in [-0.1, -0.05) is 13.8 Å². The minimum absolute atomic E-state index is 0.0527. The lowest BCUT2D eigenvalue weighted by Crippen LogP contribution is -2.50. The molecule has 0 aliphatic carbocycles. The van der Waals surface area contributed by atoms with E-state index >= 15 is 0 Å². The first-order valence-electron chi connectivity index (χ1n) is 5.64. The summed E-state index contributed by atoms with van der Waals surface area (Å²) in [4.78, 5) is 13.7. The van der Waals surface area contributed by atoms with Gasteiger partial charge in [0.15, 0.2) is 0 Å². The monoisotopic (exact) mass is 214 g/mol. The van der Waals surface area contributed by atoms with Crippen molar-refractivity contribution < 1.29 is 9.53 Å². The van der Waals surface area contributed by atoms with Crippen LogP contribution in [0.5, 0.6) is 0 Å². The SMILES string of the molecule is CC(C)C(N)C(=O)N(C)C1CCOCC1. The third-order valence-corrected chi connectivity index (χ3v) is 3.09. The molecule has 1 fully saturated rings. The van der Waals surface area contributed by atoms with Crippen LogP contribution in [0, 0.1) is 5.92 Å². The summed E-state index contributed by atoms with van der Waals surface area (Å²) in [5, 5.41) is 0. The van der Waals surface area contributed by atoms with Crippen LogP contribution in [0.1, 0.15) is 26.7 Å². The Labute approximate surface area is 91.8 Å². The molecule has 1 aliphatic heterocycles. The Morgan fingerprint density at radius 2 is 1.93 bits per heavy atom. The first-order valence-corrected chi connectivity index (χ1v) is 5.64. The second-order valence-electron chi connectivity index (χ2n) is 4.56. The van der Waals surface area contributed by atoms with Crippen LogP contribution in [0.3, 0.4) is 0 Å². The molecular formula is C11H22N2O2. The van der Waals surface area contributed by atoms with Gasteiger partial charge in [-0.3, -0.25) is 4.79 Å². The maximum Gasteiger partial charge on any atom is 0.239 e. The van der Waals surface area contributed by atoms with Crippen LogP contribution in [-0.4, -0.2) is 43.2 Å². The summed E-state index contributed by atoms with van der Waals surface area (Å²) in [6.45, 7) is 5.44. The number of carbonyl (C=O) groups excluding carboxylic acids is 1. The molecule has 1 atom stereocenters. The molecule has 88 valence electrons. The fourth-order valence-corrected chi connectivity index (χ4v) is 1.77. The zero-order valence-corrected chi connectivity index (χ0v) is 9.90. The van der Waals surface area contributed by atoms with Gasteiger partial charge in [0.2, 0.25) is 5.91 Å². The lowest BCUT2D eigenvalue weighted by Gasteiger charge is -2.33. The molecule has 1 amide bonds. The summed E-state index contributed by atoms with van der Waals surface area (Å²) in [6.07, 6.45) is 1.85. The summed E-state index contributed by atoms with van der Waals surface area (Å²) in [7, 11) is 1.85. The molecule has 15 heavy (non-hydrogen) atoms. The number of nitrogens with two attached hydrogens (primary N) is 1. The second-order valence-corrected chi connectivity index (χ2v) is 4.56. The predicted octanol–water partition coefficient (Wildman–Crippen LogP) is 0.607. The molecule has 2 N–H and O–H groups in total. The Balaban J connectivity index is 2.50.